The van der Waals surface area contributed by atoms with Crippen LogP contribution in [0.2, 0.25) is 0 Å². The van der Waals surface area contributed by atoms with E-state index >= 15 is 0 Å². The molecule has 1 aromatic heterocycles. The van der Waals surface area contributed by atoms with Crippen molar-refractivity contribution in [1.82, 2.24) is 9.88 Å². The summed E-state index contributed by atoms with van der Waals surface area (Å²) in [6.07, 6.45) is 10.2. The maximum atomic E-state index is 12.0. The molecule has 2 rings (SSSR count). The fourth-order valence-electron chi connectivity index (χ4n) is 3.61. The van der Waals surface area contributed by atoms with Crippen LogP contribution in [0.15, 0.2) is 24.8 Å². The summed E-state index contributed by atoms with van der Waals surface area (Å²) in [6, 6.07) is 2.67. The monoisotopic (exact) mass is 358 g/mol. The van der Waals surface area contributed by atoms with Crippen molar-refractivity contribution >= 4 is 18.0 Å². The van der Waals surface area contributed by atoms with Crippen LogP contribution < -0.4 is 5.32 Å². The van der Waals surface area contributed by atoms with E-state index < -0.39 is 12.1 Å². The molecule has 0 spiro atoms. The van der Waals surface area contributed by atoms with Crippen molar-refractivity contribution in [1.29, 1.82) is 0 Å². The number of nitrogens with zero attached hydrogens (tertiary/aromatic N) is 1. The van der Waals surface area contributed by atoms with Gasteiger partial charge in [-0.15, -0.1) is 6.58 Å². The predicted molar refractivity (Wildman–Crippen MR) is 104 cm³/mol. The van der Waals surface area contributed by atoms with Crippen LogP contribution in [0, 0.1) is 13.8 Å². The Kier molecular flexibility index (Phi) is 7.25. The third-order valence-electron chi connectivity index (χ3n) is 4.95. The molecule has 5 heteroatoms. The lowest BCUT2D eigenvalue weighted by atomic mass is 9.95. The maximum absolute atomic E-state index is 12.0. The third-order valence-corrected chi connectivity index (χ3v) is 4.95. The fraction of sp³-hybridized carbons (Fsp3) is 0.524. The SMILES string of the molecule is C=CCNC(=O)[C@@H](C)OC(=O)/C=C/c1cc(C)n(C2CCCCC2)c1C. The molecular weight excluding hydrogens is 328 g/mol. The van der Waals surface area contributed by atoms with E-state index in [-0.39, 0.29) is 5.91 Å². The summed E-state index contributed by atoms with van der Waals surface area (Å²) in [5.41, 5.74) is 3.42. The molecule has 5 nitrogen and oxygen atoms in total. The average molecular weight is 358 g/mol. The standard InChI is InChI=1S/C21H30N2O3/c1-5-13-22-21(25)17(4)26-20(24)12-11-18-14-15(2)23(16(18)3)19-9-7-6-8-10-19/h5,11-12,14,17,19H,1,6-10,13H2,2-4H3,(H,22,25)/b12-11+/t17-/m1/s1. The summed E-state index contributed by atoms with van der Waals surface area (Å²) in [7, 11) is 0. The van der Waals surface area contributed by atoms with Gasteiger partial charge in [0.15, 0.2) is 6.10 Å². The number of esters is 1. The summed E-state index contributed by atoms with van der Waals surface area (Å²) in [4.78, 5) is 23.7. The van der Waals surface area contributed by atoms with E-state index in [4.69, 9.17) is 4.74 Å². The van der Waals surface area contributed by atoms with Crippen molar-refractivity contribution in [3.05, 3.63) is 41.7 Å². The van der Waals surface area contributed by atoms with Crippen LogP contribution in [0.25, 0.3) is 6.08 Å². The number of amides is 1. The first-order valence-electron chi connectivity index (χ1n) is 9.39. The highest BCUT2D eigenvalue weighted by molar-refractivity contribution is 5.90. The van der Waals surface area contributed by atoms with E-state index in [1.807, 2.05) is 0 Å². The van der Waals surface area contributed by atoms with Crippen molar-refractivity contribution in [3.8, 4) is 0 Å². The van der Waals surface area contributed by atoms with Crippen LogP contribution in [-0.4, -0.2) is 29.1 Å². The zero-order valence-electron chi connectivity index (χ0n) is 16.1. The second kappa shape index (κ2) is 9.41. The average Bonchev–Trinajstić information content (AvgIpc) is 2.92. The molecule has 1 saturated carbocycles. The van der Waals surface area contributed by atoms with Crippen LogP contribution >= 0.6 is 0 Å². The highest BCUT2D eigenvalue weighted by atomic mass is 16.5. The van der Waals surface area contributed by atoms with Crippen LogP contribution in [0.1, 0.15) is 62.0 Å². The minimum absolute atomic E-state index is 0.331. The molecule has 26 heavy (non-hydrogen) atoms. The summed E-state index contributed by atoms with van der Waals surface area (Å²) in [6.45, 7) is 9.65. The number of ether oxygens (including phenoxy) is 1. The summed E-state index contributed by atoms with van der Waals surface area (Å²) in [5, 5.41) is 2.61. The van der Waals surface area contributed by atoms with Gasteiger partial charge in [0.2, 0.25) is 0 Å². The van der Waals surface area contributed by atoms with Crippen LogP contribution in [-0.2, 0) is 14.3 Å². The van der Waals surface area contributed by atoms with Gasteiger partial charge in [0.25, 0.3) is 5.91 Å². The Morgan fingerprint density at radius 3 is 2.69 bits per heavy atom. The van der Waals surface area contributed by atoms with Gasteiger partial charge < -0.3 is 14.6 Å². The van der Waals surface area contributed by atoms with Crippen molar-refractivity contribution < 1.29 is 14.3 Å². The van der Waals surface area contributed by atoms with Gasteiger partial charge in [-0.25, -0.2) is 4.79 Å². The minimum Gasteiger partial charge on any atom is -0.449 e. The topological polar surface area (TPSA) is 60.3 Å². The molecule has 1 fully saturated rings. The number of hydrogen-bond donors (Lipinski definition) is 1. The fourth-order valence-corrected chi connectivity index (χ4v) is 3.61. The van der Waals surface area contributed by atoms with Crippen LogP contribution in [0.5, 0.6) is 0 Å². The Hall–Kier alpha value is -2.30. The smallest absolute Gasteiger partial charge is 0.331 e. The highest BCUT2D eigenvalue weighted by Gasteiger charge is 2.20. The Labute approximate surface area is 156 Å². The van der Waals surface area contributed by atoms with Gasteiger partial charge >= 0.3 is 5.97 Å². The Bertz CT molecular complexity index is 682. The van der Waals surface area contributed by atoms with Gasteiger partial charge in [0, 0.05) is 30.1 Å². The van der Waals surface area contributed by atoms with Gasteiger partial charge in [-0.1, -0.05) is 25.3 Å². The molecular formula is C21H30N2O3. The largest absolute Gasteiger partial charge is 0.449 e. The van der Waals surface area contributed by atoms with E-state index in [9.17, 15) is 9.59 Å². The molecule has 1 aliphatic carbocycles. The van der Waals surface area contributed by atoms with Gasteiger partial charge in [-0.05, 0) is 51.3 Å². The molecule has 1 aliphatic rings. The molecule has 0 unspecified atom stereocenters. The van der Waals surface area contributed by atoms with Crippen molar-refractivity contribution in [2.75, 3.05) is 6.54 Å². The molecule has 142 valence electrons. The van der Waals surface area contributed by atoms with Crippen molar-refractivity contribution in [2.45, 2.75) is 65.0 Å². The van der Waals surface area contributed by atoms with E-state index in [2.05, 4.69) is 36.4 Å². The molecule has 0 radical (unpaired) electrons. The number of hydrogen-bond acceptors (Lipinski definition) is 3. The Morgan fingerprint density at radius 2 is 2.04 bits per heavy atom. The number of carbonyl (C=O) groups is 2. The quantitative estimate of drug-likeness (QED) is 0.457. The zero-order chi connectivity index (χ0) is 19.1. The zero-order valence-corrected chi connectivity index (χ0v) is 16.1. The second-order valence-corrected chi connectivity index (χ2v) is 6.93. The van der Waals surface area contributed by atoms with Crippen LogP contribution in [0.4, 0.5) is 0 Å². The first kappa shape index (κ1) is 20.0. The lowest BCUT2D eigenvalue weighted by molar-refractivity contribution is -0.150. The van der Waals surface area contributed by atoms with Crippen molar-refractivity contribution in [2.24, 2.45) is 0 Å². The molecule has 0 bridgehead atoms. The summed E-state index contributed by atoms with van der Waals surface area (Å²) >= 11 is 0. The third kappa shape index (κ3) is 5.10. The van der Waals surface area contributed by atoms with Crippen molar-refractivity contribution in [3.63, 3.8) is 0 Å². The number of aryl methyl sites for hydroxylation is 1. The molecule has 1 aromatic rings. The summed E-state index contributed by atoms with van der Waals surface area (Å²) < 4.78 is 7.54. The Balaban J connectivity index is 2.00. The number of aromatic nitrogens is 1. The van der Waals surface area contributed by atoms with E-state index in [0.29, 0.717) is 12.6 Å². The molecule has 0 aliphatic heterocycles. The lowest BCUT2D eigenvalue weighted by Crippen LogP contribution is -2.35. The number of carbonyl (C=O) groups excluding carboxylic acids is 2. The molecule has 1 amide bonds. The number of rotatable bonds is 7. The van der Waals surface area contributed by atoms with Gasteiger partial charge in [-0.2, -0.15) is 0 Å². The summed E-state index contributed by atoms with van der Waals surface area (Å²) in [5.74, 6) is -0.851. The van der Waals surface area contributed by atoms with Gasteiger partial charge in [0.05, 0.1) is 0 Å². The molecule has 1 atom stereocenters. The number of nitrogens with one attached hydrogen (secondary N) is 1. The normalized spacial score (nSPS) is 16.4. The molecule has 0 aromatic carbocycles. The first-order valence-corrected chi connectivity index (χ1v) is 9.39. The van der Waals surface area contributed by atoms with E-state index in [0.717, 1.165) is 5.56 Å². The van der Waals surface area contributed by atoms with E-state index in [1.165, 1.54) is 49.6 Å². The molecule has 0 saturated heterocycles. The first-order chi connectivity index (χ1) is 12.4. The molecule has 1 N–H and O–H groups in total. The van der Waals surface area contributed by atoms with Crippen LogP contribution in [0.3, 0.4) is 0 Å². The lowest BCUT2D eigenvalue weighted by Gasteiger charge is -2.26. The second-order valence-electron chi connectivity index (χ2n) is 6.93. The predicted octanol–water partition coefficient (Wildman–Crippen LogP) is 3.86. The van der Waals surface area contributed by atoms with Gasteiger partial charge in [-0.3, -0.25) is 4.79 Å². The maximum Gasteiger partial charge on any atom is 0.331 e. The van der Waals surface area contributed by atoms with Gasteiger partial charge in [0.1, 0.15) is 0 Å². The Morgan fingerprint density at radius 1 is 1.35 bits per heavy atom. The highest BCUT2D eigenvalue weighted by Crippen LogP contribution is 2.32. The molecule has 1 heterocycles. The van der Waals surface area contributed by atoms with E-state index in [1.54, 1.807) is 19.1 Å². The minimum atomic E-state index is -0.832.